The summed E-state index contributed by atoms with van der Waals surface area (Å²) in [5.41, 5.74) is 2.63. The molecule has 1 atom stereocenters. The van der Waals surface area contributed by atoms with Crippen LogP contribution in [0.15, 0.2) is 59.7 Å². The van der Waals surface area contributed by atoms with E-state index >= 15 is 0 Å². The number of hydrogen-bond donors (Lipinski definition) is 1. The highest BCUT2D eigenvalue weighted by Gasteiger charge is 2.30. The zero-order chi connectivity index (χ0) is 22.2. The second-order valence-electron chi connectivity index (χ2n) is 8.24. The summed E-state index contributed by atoms with van der Waals surface area (Å²) in [6, 6.07) is 13.9. The zero-order valence-corrected chi connectivity index (χ0v) is 18.1. The number of H-pyrrole nitrogens is 1. The van der Waals surface area contributed by atoms with Crippen molar-refractivity contribution in [3.8, 4) is 5.95 Å². The monoisotopic (exact) mass is 431 g/mol. The van der Waals surface area contributed by atoms with E-state index in [0.717, 1.165) is 19.6 Å². The van der Waals surface area contributed by atoms with Crippen molar-refractivity contribution in [3.63, 3.8) is 0 Å². The number of fused-ring (bicyclic) bond motifs is 1. The van der Waals surface area contributed by atoms with E-state index in [-0.39, 0.29) is 23.5 Å². The molecule has 9 nitrogen and oxygen atoms in total. The molecule has 1 amide bonds. The van der Waals surface area contributed by atoms with Crippen LogP contribution in [0.2, 0.25) is 0 Å². The molecule has 0 bridgehead atoms. The van der Waals surface area contributed by atoms with E-state index in [4.69, 9.17) is 0 Å². The summed E-state index contributed by atoms with van der Waals surface area (Å²) in [5, 5.41) is 8.75. The lowest BCUT2D eigenvalue weighted by Gasteiger charge is -2.40. The lowest BCUT2D eigenvalue weighted by Crippen LogP contribution is -2.53. The number of aromatic amines is 1. The molecule has 9 heteroatoms. The predicted octanol–water partition coefficient (Wildman–Crippen LogP) is 1.86. The van der Waals surface area contributed by atoms with E-state index in [0.29, 0.717) is 23.3 Å². The van der Waals surface area contributed by atoms with Gasteiger partial charge in [-0.2, -0.15) is 5.10 Å². The lowest BCUT2D eigenvalue weighted by atomic mass is 10.1. The number of carbonyl (C=O) groups excluding carboxylic acids is 1. The number of nitrogens with one attached hydrogen (secondary N) is 1. The van der Waals surface area contributed by atoms with Gasteiger partial charge in [0.1, 0.15) is 5.52 Å². The number of aromatic nitrogens is 5. The third-order valence-corrected chi connectivity index (χ3v) is 6.05. The first kappa shape index (κ1) is 20.2. The highest BCUT2D eigenvalue weighted by atomic mass is 16.2. The molecule has 0 unspecified atom stereocenters. The van der Waals surface area contributed by atoms with Crippen molar-refractivity contribution in [1.29, 1.82) is 0 Å². The summed E-state index contributed by atoms with van der Waals surface area (Å²) < 4.78 is 3.01. The van der Waals surface area contributed by atoms with Gasteiger partial charge in [0.2, 0.25) is 5.95 Å². The highest BCUT2D eigenvalue weighted by Crippen LogP contribution is 2.19. The minimum atomic E-state index is -0.258. The van der Waals surface area contributed by atoms with Crippen LogP contribution in [0.1, 0.15) is 28.5 Å². The van der Waals surface area contributed by atoms with Crippen LogP contribution in [0.3, 0.4) is 0 Å². The van der Waals surface area contributed by atoms with E-state index in [9.17, 15) is 9.59 Å². The number of amides is 1. The van der Waals surface area contributed by atoms with Gasteiger partial charge in [0.05, 0.1) is 17.5 Å². The van der Waals surface area contributed by atoms with E-state index in [1.54, 1.807) is 24.5 Å². The minimum absolute atomic E-state index is 0.0509. The maximum Gasteiger partial charge on any atom is 0.276 e. The maximum atomic E-state index is 13.3. The predicted molar refractivity (Wildman–Crippen MR) is 120 cm³/mol. The van der Waals surface area contributed by atoms with Crippen LogP contribution in [0, 0.1) is 6.92 Å². The van der Waals surface area contributed by atoms with Gasteiger partial charge in [0.25, 0.3) is 11.5 Å². The van der Waals surface area contributed by atoms with Gasteiger partial charge in [0, 0.05) is 38.4 Å². The van der Waals surface area contributed by atoms with E-state index in [2.05, 4.69) is 51.3 Å². The molecule has 1 N–H and O–H groups in total. The van der Waals surface area contributed by atoms with Crippen LogP contribution in [-0.4, -0.2) is 65.8 Å². The number of benzene rings is 1. The molecule has 0 radical (unpaired) electrons. The van der Waals surface area contributed by atoms with Crippen LogP contribution in [0.4, 0.5) is 0 Å². The van der Waals surface area contributed by atoms with Crippen molar-refractivity contribution < 1.29 is 4.79 Å². The third-order valence-electron chi connectivity index (χ3n) is 6.05. The minimum Gasteiger partial charge on any atom is -0.333 e. The summed E-state index contributed by atoms with van der Waals surface area (Å²) in [7, 11) is 0. The Kier molecular flexibility index (Phi) is 5.10. The number of nitrogens with zero attached hydrogens (tertiary/aromatic N) is 6. The topological polar surface area (TPSA) is 91.5 Å². The Balaban J connectivity index is 1.34. The number of hydrogen-bond acceptors (Lipinski definition) is 5. The number of carbonyl (C=O) groups is 1. The number of rotatable bonds is 4. The fourth-order valence-electron chi connectivity index (χ4n) is 4.34. The van der Waals surface area contributed by atoms with Gasteiger partial charge in [-0.1, -0.05) is 30.3 Å². The third kappa shape index (κ3) is 3.60. The van der Waals surface area contributed by atoms with Gasteiger partial charge in [-0.3, -0.25) is 19.5 Å². The molecule has 5 rings (SSSR count). The van der Waals surface area contributed by atoms with Crippen molar-refractivity contribution in [3.05, 3.63) is 82.0 Å². The lowest BCUT2D eigenvalue weighted by molar-refractivity contribution is 0.0475. The quantitative estimate of drug-likeness (QED) is 0.533. The molecule has 0 spiro atoms. The van der Waals surface area contributed by atoms with Gasteiger partial charge < -0.3 is 4.90 Å². The largest absolute Gasteiger partial charge is 0.333 e. The van der Waals surface area contributed by atoms with Gasteiger partial charge in [-0.25, -0.2) is 9.20 Å². The van der Waals surface area contributed by atoms with Crippen molar-refractivity contribution >= 4 is 11.4 Å². The van der Waals surface area contributed by atoms with Gasteiger partial charge in [-0.05, 0) is 31.5 Å². The molecule has 1 aromatic carbocycles. The Morgan fingerprint density at radius 2 is 1.97 bits per heavy atom. The molecule has 32 heavy (non-hydrogen) atoms. The van der Waals surface area contributed by atoms with Crippen LogP contribution >= 0.6 is 0 Å². The second-order valence-corrected chi connectivity index (χ2v) is 8.24. The molecule has 1 saturated heterocycles. The van der Waals surface area contributed by atoms with E-state index in [1.807, 2.05) is 17.9 Å². The zero-order valence-electron chi connectivity index (χ0n) is 18.1. The Hall–Kier alpha value is -3.72. The Labute approximate surface area is 184 Å². The smallest absolute Gasteiger partial charge is 0.276 e. The first-order valence-electron chi connectivity index (χ1n) is 10.7. The molecule has 4 heterocycles. The van der Waals surface area contributed by atoms with Crippen molar-refractivity contribution in [2.45, 2.75) is 26.4 Å². The number of piperazine rings is 1. The van der Waals surface area contributed by atoms with Gasteiger partial charge in [-0.15, -0.1) is 5.10 Å². The van der Waals surface area contributed by atoms with Gasteiger partial charge in [0.15, 0.2) is 0 Å². The van der Waals surface area contributed by atoms with Crippen LogP contribution in [0.5, 0.6) is 0 Å². The average Bonchev–Trinajstić information content (AvgIpc) is 3.41. The molecule has 164 valence electrons. The summed E-state index contributed by atoms with van der Waals surface area (Å²) in [4.78, 5) is 32.7. The Morgan fingerprint density at radius 3 is 2.75 bits per heavy atom. The summed E-state index contributed by atoms with van der Waals surface area (Å²) in [6.07, 6.45) is 3.26. The summed E-state index contributed by atoms with van der Waals surface area (Å²) in [6.45, 7) is 7.06. The fraction of sp³-hybridized carbons (Fsp3) is 0.304. The fourth-order valence-corrected chi connectivity index (χ4v) is 4.34. The SMILES string of the molecule is Cc1c(C(=O)N2CCN(Cc3ccccc3)C[C@@H]2C)cnn1-c1nn2cccc2c(=O)[nH]1. The van der Waals surface area contributed by atoms with Crippen LogP contribution in [0.25, 0.3) is 11.5 Å². The standard InChI is InChI=1S/C23H25N7O2/c1-16-14-27(15-18-7-4-3-5-8-18)11-12-28(16)22(32)19-13-24-30(17(19)2)23-25-21(31)20-9-6-10-29(20)26-23/h3-10,13,16H,11-12,14-15H2,1-2H3,(H,25,26,31)/t16-/m0/s1. The molecule has 0 saturated carbocycles. The normalized spacial score (nSPS) is 17.2. The average molecular weight is 432 g/mol. The van der Waals surface area contributed by atoms with Crippen LogP contribution < -0.4 is 5.56 Å². The molecular formula is C23H25N7O2. The van der Waals surface area contributed by atoms with Crippen molar-refractivity contribution in [2.75, 3.05) is 19.6 Å². The molecule has 1 aliphatic rings. The maximum absolute atomic E-state index is 13.3. The highest BCUT2D eigenvalue weighted by molar-refractivity contribution is 5.95. The van der Waals surface area contributed by atoms with E-state index < -0.39 is 0 Å². The first-order chi connectivity index (χ1) is 15.5. The molecule has 0 aliphatic carbocycles. The Morgan fingerprint density at radius 1 is 1.16 bits per heavy atom. The van der Waals surface area contributed by atoms with Gasteiger partial charge >= 0.3 is 0 Å². The van der Waals surface area contributed by atoms with E-state index in [1.165, 1.54) is 14.8 Å². The Bertz CT molecular complexity index is 1320. The molecular weight excluding hydrogens is 406 g/mol. The summed E-state index contributed by atoms with van der Waals surface area (Å²) >= 11 is 0. The molecule has 3 aromatic heterocycles. The summed E-state index contributed by atoms with van der Waals surface area (Å²) in [5.74, 6) is 0.223. The van der Waals surface area contributed by atoms with Crippen molar-refractivity contribution in [1.82, 2.24) is 34.2 Å². The molecule has 1 aliphatic heterocycles. The van der Waals surface area contributed by atoms with Crippen LogP contribution in [-0.2, 0) is 6.54 Å². The second kappa shape index (κ2) is 8.08. The molecule has 1 fully saturated rings. The van der Waals surface area contributed by atoms with Crippen molar-refractivity contribution in [2.24, 2.45) is 0 Å². The molecule has 4 aromatic rings. The first-order valence-corrected chi connectivity index (χ1v) is 10.7.